The number of aliphatic carboxylic acids is 1. The molecule has 1 atom stereocenters. The summed E-state index contributed by atoms with van der Waals surface area (Å²) in [5.41, 5.74) is 0.828. The van der Waals surface area contributed by atoms with E-state index in [2.05, 4.69) is 5.32 Å². The fourth-order valence-electron chi connectivity index (χ4n) is 1.66. The van der Waals surface area contributed by atoms with Crippen LogP contribution in [0.5, 0.6) is 0 Å². The van der Waals surface area contributed by atoms with E-state index in [-0.39, 0.29) is 12.4 Å². The van der Waals surface area contributed by atoms with Crippen molar-refractivity contribution in [1.29, 1.82) is 0 Å². The Labute approximate surface area is 117 Å². The maximum Gasteiger partial charge on any atom is 0.325 e. The number of aliphatic hydroxyl groups excluding tert-OH is 1. The highest BCUT2D eigenvalue weighted by Crippen LogP contribution is 2.16. The molecule has 20 heavy (non-hydrogen) atoms. The van der Waals surface area contributed by atoms with E-state index in [1.807, 2.05) is 11.9 Å². The summed E-state index contributed by atoms with van der Waals surface area (Å²) >= 11 is 0. The molecule has 0 fully saturated rings. The predicted octanol–water partition coefficient (Wildman–Crippen LogP) is 0.215. The van der Waals surface area contributed by atoms with Crippen molar-refractivity contribution >= 4 is 11.9 Å². The molecule has 7 nitrogen and oxygen atoms in total. The van der Waals surface area contributed by atoms with E-state index in [1.165, 1.54) is 6.92 Å². The third-order valence-electron chi connectivity index (χ3n) is 2.88. The number of nitrogens with one attached hydrogen (secondary N) is 1. The van der Waals surface area contributed by atoms with E-state index in [0.717, 1.165) is 5.56 Å². The lowest BCUT2D eigenvalue weighted by Crippen LogP contribution is -2.38. The summed E-state index contributed by atoms with van der Waals surface area (Å²) in [6.07, 6.45) is 0. The Balaban J connectivity index is 2.73. The normalized spacial score (nSPS) is 12.4. The second-order valence-electron chi connectivity index (χ2n) is 4.69. The van der Waals surface area contributed by atoms with Gasteiger partial charge in [0.2, 0.25) is 0 Å². The number of carbonyl (C=O) groups is 2. The fourth-order valence-corrected chi connectivity index (χ4v) is 1.66. The van der Waals surface area contributed by atoms with Crippen molar-refractivity contribution in [1.82, 2.24) is 10.2 Å². The largest absolute Gasteiger partial charge is 0.480 e. The second-order valence-corrected chi connectivity index (χ2v) is 4.69. The van der Waals surface area contributed by atoms with E-state index in [9.17, 15) is 9.59 Å². The molecule has 1 rings (SSSR count). The van der Waals surface area contributed by atoms with Crippen molar-refractivity contribution in [2.24, 2.45) is 0 Å². The van der Waals surface area contributed by atoms with Crippen molar-refractivity contribution in [3.05, 3.63) is 23.2 Å². The number of amides is 1. The van der Waals surface area contributed by atoms with Gasteiger partial charge in [-0.05, 0) is 27.0 Å². The first kappa shape index (κ1) is 16.2. The van der Waals surface area contributed by atoms with Gasteiger partial charge >= 0.3 is 5.97 Å². The van der Waals surface area contributed by atoms with E-state index in [0.29, 0.717) is 18.8 Å². The molecule has 0 saturated heterocycles. The highest BCUT2D eigenvalue weighted by atomic mass is 16.4. The molecule has 0 aliphatic rings. The van der Waals surface area contributed by atoms with Gasteiger partial charge in [0, 0.05) is 18.7 Å². The molecule has 7 heteroatoms. The van der Waals surface area contributed by atoms with Crippen LogP contribution in [-0.2, 0) is 11.3 Å². The van der Waals surface area contributed by atoms with Crippen LogP contribution in [0.4, 0.5) is 0 Å². The Bertz CT molecular complexity index is 483. The van der Waals surface area contributed by atoms with E-state index in [1.54, 1.807) is 13.0 Å². The van der Waals surface area contributed by atoms with Crippen LogP contribution >= 0.6 is 0 Å². The Kier molecular flexibility index (Phi) is 5.72. The van der Waals surface area contributed by atoms with Gasteiger partial charge in [-0.25, -0.2) is 0 Å². The number of aryl methyl sites for hydroxylation is 1. The minimum atomic E-state index is -1.11. The highest BCUT2D eigenvalue weighted by molar-refractivity contribution is 5.94. The summed E-state index contributed by atoms with van der Waals surface area (Å²) in [6.45, 7) is 4.22. The van der Waals surface area contributed by atoms with Gasteiger partial charge in [-0.15, -0.1) is 0 Å². The average Bonchev–Trinajstić information content (AvgIpc) is 2.71. The number of carboxylic acids is 1. The number of likely N-dealkylation sites (N-methyl/N-ethyl adjacent to an activating group) is 1. The monoisotopic (exact) mass is 284 g/mol. The molecule has 0 radical (unpaired) electrons. The topological polar surface area (TPSA) is 103 Å². The Morgan fingerprint density at radius 2 is 2.15 bits per heavy atom. The lowest BCUT2D eigenvalue weighted by Gasteiger charge is -2.13. The lowest BCUT2D eigenvalue weighted by molar-refractivity contribution is -0.138. The van der Waals surface area contributed by atoms with Gasteiger partial charge in [0.05, 0.1) is 6.61 Å². The van der Waals surface area contributed by atoms with Gasteiger partial charge in [-0.1, -0.05) is 0 Å². The lowest BCUT2D eigenvalue weighted by atomic mass is 10.2. The number of rotatable bonds is 7. The molecule has 1 unspecified atom stereocenters. The van der Waals surface area contributed by atoms with Crippen molar-refractivity contribution < 1.29 is 24.2 Å². The van der Waals surface area contributed by atoms with Crippen molar-refractivity contribution in [3.63, 3.8) is 0 Å². The average molecular weight is 284 g/mol. The maximum atomic E-state index is 11.8. The molecule has 0 spiro atoms. The van der Waals surface area contributed by atoms with Crippen LogP contribution in [0.3, 0.4) is 0 Å². The summed E-state index contributed by atoms with van der Waals surface area (Å²) in [7, 11) is 1.84. The Morgan fingerprint density at radius 3 is 2.70 bits per heavy atom. The van der Waals surface area contributed by atoms with Crippen LogP contribution in [-0.4, -0.2) is 53.2 Å². The molecule has 0 aliphatic heterocycles. The summed E-state index contributed by atoms with van der Waals surface area (Å²) in [5, 5.41) is 19.9. The van der Waals surface area contributed by atoms with Crippen LogP contribution in [0.25, 0.3) is 0 Å². The van der Waals surface area contributed by atoms with E-state index < -0.39 is 17.9 Å². The zero-order chi connectivity index (χ0) is 15.3. The molecule has 0 aliphatic carbocycles. The number of nitrogens with zero attached hydrogens (tertiary/aromatic N) is 1. The molecule has 0 saturated carbocycles. The molecule has 1 aromatic rings. The van der Waals surface area contributed by atoms with E-state index in [4.69, 9.17) is 14.6 Å². The van der Waals surface area contributed by atoms with Crippen molar-refractivity contribution in [2.75, 3.05) is 20.2 Å². The zero-order valence-corrected chi connectivity index (χ0v) is 11.8. The number of furan rings is 1. The van der Waals surface area contributed by atoms with Crippen molar-refractivity contribution in [3.8, 4) is 0 Å². The quantitative estimate of drug-likeness (QED) is 0.661. The summed E-state index contributed by atoms with van der Waals surface area (Å²) < 4.78 is 5.34. The van der Waals surface area contributed by atoms with Gasteiger partial charge in [-0.3, -0.25) is 14.5 Å². The number of hydrogen-bond acceptors (Lipinski definition) is 5. The SMILES string of the molecule is Cc1oc(C(=O)NC(C)C(=O)O)cc1CN(C)CCO. The maximum absolute atomic E-state index is 11.8. The van der Waals surface area contributed by atoms with Crippen LogP contribution in [0.15, 0.2) is 10.5 Å². The molecule has 1 amide bonds. The number of aliphatic hydroxyl groups is 1. The van der Waals surface area contributed by atoms with Crippen molar-refractivity contribution in [2.45, 2.75) is 26.4 Å². The van der Waals surface area contributed by atoms with Gasteiger partial charge in [0.25, 0.3) is 5.91 Å². The Hall–Kier alpha value is -1.86. The van der Waals surface area contributed by atoms with Crippen LogP contribution in [0.2, 0.25) is 0 Å². The summed E-state index contributed by atoms with van der Waals surface area (Å²) in [5.74, 6) is -0.977. The standard InChI is InChI=1S/C13H20N2O5/c1-8(13(18)19)14-12(17)11-6-10(9(2)20-11)7-15(3)4-5-16/h6,8,16H,4-5,7H2,1-3H3,(H,14,17)(H,18,19). The van der Waals surface area contributed by atoms with Gasteiger partial charge < -0.3 is 19.9 Å². The molecule has 1 heterocycles. The minimum Gasteiger partial charge on any atom is -0.480 e. The summed E-state index contributed by atoms with van der Waals surface area (Å²) in [4.78, 5) is 24.4. The molecule has 3 N–H and O–H groups in total. The summed E-state index contributed by atoms with van der Waals surface area (Å²) in [6, 6.07) is 0.612. The molecule has 0 bridgehead atoms. The number of hydrogen-bond donors (Lipinski definition) is 3. The first-order chi connectivity index (χ1) is 9.35. The number of carbonyl (C=O) groups excluding carboxylic acids is 1. The predicted molar refractivity (Wildman–Crippen MR) is 71.4 cm³/mol. The third-order valence-corrected chi connectivity index (χ3v) is 2.88. The molecular formula is C13H20N2O5. The second kappa shape index (κ2) is 7.06. The van der Waals surface area contributed by atoms with E-state index >= 15 is 0 Å². The molecule has 1 aromatic heterocycles. The first-order valence-electron chi connectivity index (χ1n) is 6.27. The minimum absolute atomic E-state index is 0.0524. The Morgan fingerprint density at radius 1 is 1.50 bits per heavy atom. The molecule has 0 aromatic carbocycles. The van der Waals surface area contributed by atoms with Crippen LogP contribution < -0.4 is 5.32 Å². The van der Waals surface area contributed by atoms with Gasteiger partial charge in [-0.2, -0.15) is 0 Å². The molecular weight excluding hydrogens is 264 g/mol. The first-order valence-corrected chi connectivity index (χ1v) is 6.27. The van der Waals surface area contributed by atoms with Crippen LogP contribution in [0, 0.1) is 6.92 Å². The number of carboxylic acid groups (broad SMARTS) is 1. The highest BCUT2D eigenvalue weighted by Gasteiger charge is 2.19. The van der Waals surface area contributed by atoms with Crippen LogP contribution in [0.1, 0.15) is 28.8 Å². The van der Waals surface area contributed by atoms with Gasteiger partial charge in [0.15, 0.2) is 5.76 Å². The van der Waals surface area contributed by atoms with Gasteiger partial charge in [0.1, 0.15) is 11.8 Å². The smallest absolute Gasteiger partial charge is 0.325 e. The third kappa shape index (κ3) is 4.36. The zero-order valence-electron chi connectivity index (χ0n) is 11.8. The molecule has 112 valence electrons. The fraction of sp³-hybridized carbons (Fsp3) is 0.538.